The second-order valence-electron chi connectivity index (χ2n) is 4.39. The van der Waals surface area contributed by atoms with Crippen LogP contribution < -0.4 is 15.8 Å². The fourth-order valence-electron chi connectivity index (χ4n) is 1.69. The first-order valence-corrected chi connectivity index (χ1v) is 7.66. The first kappa shape index (κ1) is 15.9. The monoisotopic (exact) mass is 282 g/mol. The Hall–Kier alpha value is -1.20. The molecule has 106 valence electrons. The lowest BCUT2D eigenvalue weighted by atomic mass is 10.1. The largest absolute Gasteiger partial charge is 0.497 e. The van der Waals surface area contributed by atoms with Gasteiger partial charge in [0.15, 0.2) is 0 Å². The first-order chi connectivity index (χ1) is 9.08. The molecule has 0 aliphatic rings. The van der Waals surface area contributed by atoms with E-state index in [1.54, 1.807) is 18.9 Å². The number of carbonyl (C=O) groups is 1. The fourth-order valence-corrected chi connectivity index (χ4v) is 2.18. The highest BCUT2D eigenvalue weighted by atomic mass is 32.2. The van der Waals surface area contributed by atoms with Crippen molar-refractivity contribution in [3.05, 3.63) is 29.8 Å². The van der Waals surface area contributed by atoms with Gasteiger partial charge in [0.1, 0.15) is 5.75 Å². The number of nitrogens with two attached hydrogens (primary N) is 1. The van der Waals surface area contributed by atoms with E-state index in [4.69, 9.17) is 10.5 Å². The predicted octanol–water partition coefficient (Wildman–Crippen LogP) is 1.95. The first-order valence-electron chi connectivity index (χ1n) is 6.27. The van der Waals surface area contributed by atoms with Gasteiger partial charge in [-0.05, 0) is 43.0 Å². The van der Waals surface area contributed by atoms with Crippen LogP contribution in [0.3, 0.4) is 0 Å². The molecule has 0 saturated carbocycles. The molecule has 5 heteroatoms. The van der Waals surface area contributed by atoms with E-state index < -0.39 is 6.04 Å². The molecule has 0 bridgehead atoms. The Bertz CT molecular complexity index is 412. The molecule has 1 amide bonds. The zero-order chi connectivity index (χ0) is 14.3. The molecule has 0 radical (unpaired) electrons. The molecule has 19 heavy (non-hydrogen) atoms. The number of methoxy groups -OCH3 is 1. The molecule has 1 aromatic rings. The van der Waals surface area contributed by atoms with Crippen molar-refractivity contribution >= 4 is 17.7 Å². The van der Waals surface area contributed by atoms with Crippen molar-refractivity contribution in [3.8, 4) is 5.75 Å². The predicted molar refractivity (Wildman–Crippen MR) is 80.5 cm³/mol. The molecule has 1 rings (SSSR count). The Morgan fingerprint density at radius 3 is 2.89 bits per heavy atom. The third-order valence-corrected chi connectivity index (χ3v) is 3.57. The summed E-state index contributed by atoms with van der Waals surface area (Å²) in [5.41, 5.74) is 6.84. The van der Waals surface area contributed by atoms with Crippen LogP contribution in [0.4, 0.5) is 0 Å². The Morgan fingerprint density at radius 1 is 1.53 bits per heavy atom. The maximum atomic E-state index is 11.9. The molecular weight excluding hydrogens is 260 g/mol. The second-order valence-corrected chi connectivity index (χ2v) is 5.38. The molecule has 2 atom stereocenters. The van der Waals surface area contributed by atoms with Crippen molar-refractivity contribution in [2.75, 3.05) is 19.1 Å². The van der Waals surface area contributed by atoms with Gasteiger partial charge in [-0.25, -0.2) is 0 Å². The van der Waals surface area contributed by atoms with Crippen molar-refractivity contribution in [1.82, 2.24) is 5.32 Å². The number of benzene rings is 1. The molecule has 4 nitrogen and oxygen atoms in total. The summed E-state index contributed by atoms with van der Waals surface area (Å²) in [5.74, 6) is 1.57. The van der Waals surface area contributed by atoms with Crippen LogP contribution in [0, 0.1) is 0 Å². The number of hydrogen-bond donors (Lipinski definition) is 2. The van der Waals surface area contributed by atoms with Gasteiger partial charge in [-0.2, -0.15) is 11.8 Å². The average Bonchev–Trinajstić information content (AvgIpc) is 2.44. The van der Waals surface area contributed by atoms with E-state index in [1.807, 2.05) is 37.4 Å². The summed E-state index contributed by atoms with van der Waals surface area (Å²) in [4.78, 5) is 11.9. The third kappa shape index (κ3) is 5.12. The molecule has 3 N–H and O–H groups in total. The highest BCUT2D eigenvalue weighted by Crippen LogP contribution is 2.18. The van der Waals surface area contributed by atoms with Crippen LogP contribution in [-0.4, -0.2) is 31.1 Å². The second kappa shape index (κ2) is 8.07. The van der Waals surface area contributed by atoms with E-state index in [9.17, 15) is 4.79 Å². The van der Waals surface area contributed by atoms with Crippen LogP contribution in [0.2, 0.25) is 0 Å². The zero-order valence-corrected chi connectivity index (χ0v) is 12.5. The Labute approximate surface area is 119 Å². The zero-order valence-electron chi connectivity index (χ0n) is 11.7. The van der Waals surface area contributed by atoms with Crippen LogP contribution in [-0.2, 0) is 4.79 Å². The van der Waals surface area contributed by atoms with E-state index in [1.165, 1.54) is 0 Å². The quantitative estimate of drug-likeness (QED) is 0.802. The van der Waals surface area contributed by atoms with E-state index >= 15 is 0 Å². The summed E-state index contributed by atoms with van der Waals surface area (Å²) in [7, 11) is 1.63. The van der Waals surface area contributed by atoms with Crippen LogP contribution >= 0.6 is 11.8 Å². The van der Waals surface area contributed by atoms with Crippen molar-refractivity contribution in [3.63, 3.8) is 0 Å². The molecule has 0 fully saturated rings. The van der Waals surface area contributed by atoms with Crippen LogP contribution in [0.1, 0.15) is 24.9 Å². The number of rotatable bonds is 7. The molecule has 0 saturated heterocycles. The summed E-state index contributed by atoms with van der Waals surface area (Å²) < 4.78 is 5.17. The van der Waals surface area contributed by atoms with Crippen LogP contribution in [0.15, 0.2) is 24.3 Å². The normalized spacial score (nSPS) is 13.7. The molecule has 0 aliphatic heterocycles. The maximum Gasteiger partial charge on any atom is 0.237 e. The van der Waals surface area contributed by atoms with E-state index in [0.29, 0.717) is 6.42 Å². The van der Waals surface area contributed by atoms with Gasteiger partial charge in [0.05, 0.1) is 19.2 Å². The number of carbonyl (C=O) groups excluding carboxylic acids is 1. The topological polar surface area (TPSA) is 64.3 Å². The van der Waals surface area contributed by atoms with Gasteiger partial charge in [0.25, 0.3) is 0 Å². The lowest BCUT2D eigenvalue weighted by Crippen LogP contribution is -2.41. The van der Waals surface area contributed by atoms with Gasteiger partial charge in [0.2, 0.25) is 5.91 Å². The van der Waals surface area contributed by atoms with Gasteiger partial charge in [-0.1, -0.05) is 12.1 Å². The maximum absolute atomic E-state index is 11.9. The highest BCUT2D eigenvalue weighted by molar-refractivity contribution is 7.98. The van der Waals surface area contributed by atoms with E-state index in [2.05, 4.69) is 5.32 Å². The lowest BCUT2D eigenvalue weighted by Gasteiger charge is -2.18. The summed E-state index contributed by atoms with van der Waals surface area (Å²) in [5, 5.41) is 2.93. The summed E-state index contributed by atoms with van der Waals surface area (Å²) in [6, 6.07) is 7.13. The molecular formula is C14H22N2O2S. The summed E-state index contributed by atoms with van der Waals surface area (Å²) in [6.45, 7) is 1.94. The number of amides is 1. The molecule has 0 unspecified atom stereocenters. The summed E-state index contributed by atoms with van der Waals surface area (Å²) in [6.07, 6.45) is 2.70. The molecule has 0 heterocycles. The molecule has 0 aliphatic carbocycles. The minimum atomic E-state index is -0.444. The van der Waals surface area contributed by atoms with Gasteiger partial charge in [-0.15, -0.1) is 0 Å². The molecule has 0 spiro atoms. The van der Waals surface area contributed by atoms with Gasteiger partial charge < -0.3 is 15.8 Å². The Morgan fingerprint density at radius 2 is 2.26 bits per heavy atom. The molecule has 0 aromatic heterocycles. The number of nitrogens with one attached hydrogen (secondary N) is 1. The highest BCUT2D eigenvalue weighted by Gasteiger charge is 2.16. The molecule has 1 aromatic carbocycles. The third-order valence-electron chi connectivity index (χ3n) is 2.92. The Balaban J connectivity index is 2.58. The van der Waals surface area contributed by atoms with Gasteiger partial charge >= 0.3 is 0 Å². The van der Waals surface area contributed by atoms with Crippen molar-refractivity contribution in [2.45, 2.75) is 25.4 Å². The number of hydrogen-bond acceptors (Lipinski definition) is 4. The SMILES string of the molecule is COc1cccc([C@H](C)NC(=O)[C@@H](N)CCSC)c1. The van der Waals surface area contributed by atoms with Crippen molar-refractivity contribution in [2.24, 2.45) is 5.73 Å². The van der Waals surface area contributed by atoms with E-state index in [-0.39, 0.29) is 11.9 Å². The minimum absolute atomic E-state index is 0.0806. The van der Waals surface area contributed by atoms with Gasteiger partial charge in [-0.3, -0.25) is 4.79 Å². The van der Waals surface area contributed by atoms with Gasteiger partial charge in [0, 0.05) is 0 Å². The van der Waals surface area contributed by atoms with Crippen molar-refractivity contribution in [1.29, 1.82) is 0 Å². The number of thioether (sulfide) groups is 1. The van der Waals surface area contributed by atoms with Crippen LogP contribution in [0.5, 0.6) is 5.75 Å². The standard InChI is InChI=1S/C14H22N2O2S/c1-10(11-5-4-6-12(9-11)18-2)16-14(17)13(15)7-8-19-3/h4-6,9-10,13H,7-8,15H2,1-3H3,(H,16,17)/t10-,13-/m0/s1. The Kier molecular flexibility index (Phi) is 6.73. The summed E-state index contributed by atoms with van der Waals surface area (Å²) >= 11 is 1.69. The lowest BCUT2D eigenvalue weighted by molar-refractivity contribution is -0.123. The number of ether oxygens (including phenoxy) is 1. The van der Waals surface area contributed by atoms with Crippen molar-refractivity contribution < 1.29 is 9.53 Å². The van der Waals surface area contributed by atoms with E-state index in [0.717, 1.165) is 17.1 Å². The smallest absolute Gasteiger partial charge is 0.237 e. The average molecular weight is 282 g/mol. The fraction of sp³-hybridized carbons (Fsp3) is 0.500. The van der Waals surface area contributed by atoms with Crippen LogP contribution in [0.25, 0.3) is 0 Å². The minimum Gasteiger partial charge on any atom is -0.497 e.